The maximum Gasteiger partial charge on any atom is 0.0994 e. The van der Waals surface area contributed by atoms with E-state index < -0.39 is 0 Å². The molecule has 3 rings (SSSR count). The Balaban J connectivity index is 2.04. The number of benzene rings is 1. The summed E-state index contributed by atoms with van der Waals surface area (Å²) >= 11 is 1.75. The van der Waals surface area contributed by atoms with Gasteiger partial charge >= 0.3 is 0 Å². The van der Waals surface area contributed by atoms with Crippen LogP contribution < -0.4 is 5.73 Å². The Morgan fingerprint density at radius 2 is 1.95 bits per heavy atom. The fourth-order valence-corrected chi connectivity index (χ4v) is 2.52. The first kappa shape index (κ1) is 12.3. The lowest BCUT2D eigenvalue weighted by Crippen LogP contribution is -2.00. The lowest BCUT2D eigenvalue weighted by molar-refractivity contribution is 0.953. The van der Waals surface area contributed by atoms with Crippen molar-refractivity contribution in [2.24, 2.45) is 5.73 Å². The van der Waals surface area contributed by atoms with Crippen molar-refractivity contribution < 1.29 is 0 Å². The van der Waals surface area contributed by atoms with Gasteiger partial charge in [-0.05, 0) is 36.1 Å². The Morgan fingerprint density at radius 3 is 2.63 bits per heavy atom. The van der Waals surface area contributed by atoms with Gasteiger partial charge in [-0.2, -0.15) is 0 Å². The second-order valence-electron chi connectivity index (χ2n) is 4.37. The third-order valence-corrected chi connectivity index (χ3v) is 3.92. The second kappa shape index (κ2) is 5.07. The molecule has 0 atom stereocenters. The van der Waals surface area contributed by atoms with Crippen molar-refractivity contribution in [1.29, 1.82) is 0 Å². The van der Waals surface area contributed by atoms with Crippen LogP contribution in [-0.4, -0.2) is 15.6 Å². The molecular weight excluding hydrogens is 254 g/mol. The van der Waals surface area contributed by atoms with Crippen LogP contribution in [-0.2, 0) is 6.54 Å². The fourth-order valence-electron chi connectivity index (χ4n) is 2.11. The largest absolute Gasteiger partial charge is 0.325 e. The third-order valence-electron chi connectivity index (χ3n) is 3.17. The van der Waals surface area contributed by atoms with Crippen molar-refractivity contribution in [3.05, 3.63) is 54.6 Å². The molecule has 0 radical (unpaired) electrons. The smallest absolute Gasteiger partial charge is 0.0994 e. The van der Waals surface area contributed by atoms with Crippen molar-refractivity contribution >= 4 is 17.3 Å². The van der Waals surface area contributed by atoms with Crippen molar-refractivity contribution in [2.75, 3.05) is 6.26 Å². The standard InChI is InChI=1S/C15H15N3S/c1-19-15-4-2-11(3-5-15)12-6-14-7-13(8-16)17-10-18(14)9-12/h2-7,9-10H,8,16H2,1H3. The van der Waals surface area contributed by atoms with Crippen molar-refractivity contribution in [3.8, 4) is 11.1 Å². The summed E-state index contributed by atoms with van der Waals surface area (Å²) in [6, 6.07) is 12.8. The minimum absolute atomic E-state index is 0.472. The summed E-state index contributed by atoms with van der Waals surface area (Å²) in [6.45, 7) is 0.472. The van der Waals surface area contributed by atoms with E-state index in [4.69, 9.17) is 5.73 Å². The Labute approximate surface area is 116 Å². The second-order valence-corrected chi connectivity index (χ2v) is 5.25. The highest BCUT2D eigenvalue weighted by molar-refractivity contribution is 7.98. The van der Waals surface area contributed by atoms with Crippen LogP contribution in [0.1, 0.15) is 5.69 Å². The number of hydrogen-bond donors (Lipinski definition) is 1. The van der Waals surface area contributed by atoms with Gasteiger partial charge in [-0.1, -0.05) is 12.1 Å². The maximum atomic E-state index is 5.62. The Bertz CT molecular complexity index is 701. The van der Waals surface area contributed by atoms with Crippen LogP contribution in [0.15, 0.2) is 53.8 Å². The molecule has 3 aromatic rings. The predicted molar refractivity (Wildman–Crippen MR) is 80.3 cm³/mol. The summed E-state index contributed by atoms with van der Waals surface area (Å²) in [6.07, 6.45) is 6.00. The Morgan fingerprint density at radius 1 is 1.16 bits per heavy atom. The van der Waals surface area contributed by atoms with Gasteiger partial charge in [-0.25, -0.2) is 4.98 Å². The number of hydrogen-bond acceptors (Lipinski definition) is 3. The minimum atomic E-state index is 0.472. The maximum absolute atomic E-state index is 5.62. The summed E-state index contributed by atoms with van der Waals surface area (Å²) < 4.78 is 2.02. The first-order valence-corrected chi connectivity index (χ1v) is 7.34. The molecule has 0 aliphatic heterocycles. The van der Waals surface area contributed by atoms with Crippen LogP contribution in [0.4, 0.5) is 0 Å². The van der Waals surface area contributed by atoms with E-state index in [2.05, 4.69) is 47.8 Å². The molecule has 0 saturated heterocycles. The zero-order valence-electron chi connectivity index (χ0n) is 10.7. The topological polar surface area (TPSA) is 43.3 Å². The zero-order valence-corrected chi connectivity index (χ0v) is 11.5. The molecule has 0 fully saturated rings. The third kappa shape index (κ3) is 2.37. The van der Waals surface area contributed by atoms with Gasteiger partial charge in [-0.3, -0.25) is 0 Å². The molecule has 4 heteroatoms. The van der Waals surface area contributed by atoms with Crippen LogP contribution in [0.5, 0.6) is 0 Å². The molecule has 0 amide bonds. The molecule has 1 aromatic carbocycles. The molecule has 0 aliphatic carbocycles. The number of rotatable bonds is 3. The van der Waals surface area contributed by atoms with E-state index in [1.165, 1.54) is 16.0 Å². The van der Waals surface area contributed by atoms with E-state index >= 15 is 0 Å². The highest BCUT2D eigenvalue weighted by Gasteiger charge is 2.03. The van der Waals surface area contributed by atoms with E-state index in [1.54, 1.807) is 11.8 Å². The monoisotopic (exact) mass is 269 g/mol. The lowest BCUT2D eigenvalue weighted by atomic mass is 10.1. The van der Waals surface area contributed by atoms with Crippen LogP contribution in [0.3, 0.4) is 0 Å². The van der Waals surface area contributed by atoms with Crippen molar-refractivity contribution in [3.63, 3.8) is 0 Å². The fraction of sp³-hybridized carbons (Fsp3) is 0.133. The van der Waals surface area contributed by atoms with Gasteiger partial charge in [0.25, 0.3) is 0 Å². The summed E-state index contributed by atoms with van der Waals surface area (Å²) in [4.78, 5) is 5.57. The molecule has 0 spiro atoms. The van der Waals surface area contributed by atoms with Gasteiger partial charge in [-0.15, -0.1) is 11.8 Å². The van der Waals surface area contributed by atoms with E-state index in [-0.39, 0.29) is 0 Å². The highest BCUT2D eigenvalue weighted by atomic mass is 32.2. The average molecular weight is 269 g/mol. The molecule has 19 heavy (non-hydrogen) atoms. The summed E-state index contributed by atoms with van der Waals surface area (Å²) in [7, 11) is 0. The summed E-state index contributed by atoms with van der Waals surface area (Å²) in [5, 5.41) is 0. The van der Waals surface area contributed by atoms with Gasteiger partial charge in [0.2, 0.25) is 0 Å². The highest BCUT2D eigenvalue weighted by Crippen LogP contribution is 2.25. The molecule has 0 bridgehead atoms. The van der Waals surface area contributed by atoms with Crippen LogP contribution >= 0.6 is 11.8 Å². The quantitative estimate of drug-likeness (QED) is 0.743. The van der Waals surface area contributed by atoms with Gasteiger partial charge in [0.15, 0.2) is 0 Å². The molecular formula is C15H15N3S. The normalized spacial score (nSPS) is 11.1. The molecule has 2 aromatic heterocycles. The average Bonchev–Trinajstić information content (AvgIpc) is 2.90. The SMILES string of the molecule is CSc1ccc(-c2cc3cc(CN)ncn3c2)cc1. The summed E-state index contributed by atoms with van der Waals surface area (Å²) in [5.74, 6) is 0. The Kier molecular flexibility index (Phi) is 3.27. The van der Waals surface area contributed by atoms with E-state index in [1.807, 2.05) is 16.8 Å². The number of nitrogens with two attached hydrogens (primary N) is 1. The van der Waals surface area contributed by atoms with E-state index in [9.17, 15) is 0 Å². The number of thioether (sulfide) groups is 1. The van der Waals surface area contributed by atoms with Crippen molar-refractivity contribution in [2.45, 2.75) is 11.4 Å². The zero-order chi connectivity index (χ0) is 13.2. The first-order valence-electron chi connectivity index (χ1n) is 6.11. The van der Waals surface area contributed by atoms with Crippen molar-refractivity contribution in [1.82, 2.24) is 9.38 Å². The van der Waals surface area contributed by atoms with Gasteiger partial charge < -0.3 is 10.1 Å². The van der Waals surface area contributed by atoms with Crippen LogP contribution in [0.25, 0.3) is 16.6 Å². The summed E-state index contributed by atoms with van der Waals surface area (Å²) in [5.41, 5.74) is 10.1. The first-order chi connectivity index (χ1) is 9.30. The lowest BCUT2D eigenvalue weighted by Gasteiger charge is -1.99. The number of fused-ring (bicyclic) bond motifs is 1. The molecule has 0 unspecified atom stereocenters. The molecule has 3 nitrogen and oxygen atoms in total. The van der Waals surface area contributed by atoms with Gasteiger partial charge in [0.05, 0.1) is 12.0 Å². The number of aromatic nitrogens is 2. The minimum Gasteiger partial charge on any atom is -0.325 e. The molecule has 96 valence electrons. The molecule has 2 N–H and O–H groups in total. The molecule has 0 saturated carbocycles. The Hall–Kier alpha value is -1.78. The molecule has 0 aliphatic rings. The predicted octanol–water partition coefficient (Wildman–Crippen LogP) is 3.18. The van der Waals surface area contributed by atoms with Crippen LogP contribution in [0.2, 0.25) is 0 Å². The van der Waals surface area contributed by atoms with Crippen LogP contribution in [0, 0.1) is 0 Å². The number of nitrogens with zero attached hydrogens (tertiary/aromatic N) is 2. The van der Waals surface area contributed by atoms with Gasteiger partial charge in [0, 0.05) is 28.7 Å². The van der Waals surface area contributed by atoms with E-state index in [0.29, 0.717) is 6.54 Å². The van der Waals surface area contributed by atoms with Gasteiger partial charge in [0.1, 0.15) is 0 Å². The molecule has 2 heterocycles. The van der Waals surface area contributed by atoms with E-state index in [0.717, 1.165) is 11.2 Å².